The highest BCUT2D eigenvalue weighted by molar-refractivity contribution is 6.23. The molecule has 27 heavy (non-hydrogen) atoms. The number of nitrogens with two attached hydrogens (primary N) is 1. The maximum atomic E-state index is 12.7. The van der Waals surface area contributed by atoms with E-state index < -0.39 is 17.4 Å². The lowest BCUT2D eigenvalue weighted by molar-refractivity contribution is 0.0880. The highest BCUT2D eigenvalue weighted by Gasteiger charge is 2.32. The quantitative estimate of drug-likeness (QED) is 0.643. The lowest BCUT2D eigenvalue weighted by Gasteiger charge is -2.15. The molecule has 4 rings (SSSR count). The number of amides is 2. The lowest BCUT2D eigenvalue weighted by Crippen LogP contribution is -2.24. The first-order chi connectivity index (χ1) is 12.9. The second-order valence-corrected chi connectivity index (χ2v) is 5.79. The van der Waals surface area contributed by atoms with Gasteiger partial charge < -0.3 is 14.9 Å². The summed E-state index contributed by atoms with van der Waals surface area (Å²) < 4.78 is 11.8. The Morgan fingerprint density at radius 1 is 1.15 bits per heavy atom. The van der Waals surface area contributed by atoms with E-state index in [-0.39, 0.29) is 28.5 Å². The fourth-order valence-corrected chi connectivity index (χ4v) is 2.94. The molecule has 0 aliphatic carbocycles. The average molecular weight is 367 g/mol. The van der Waals surface area contributed by atoms with E-state index in [0.29, 0.717) is 17.2 Å². The van der Waals surface area contributed by atoms with Gasteiger partial charge in [0.15, 0.2) is 0 Å². The maximum Gasteiger partial charge on any atom is 0.262 e. The molecule has 2 aromatic heterocycles. The van der Waals surface area contributed by atoms with Crippen molar-refractivity contribution < 1.29 is 18.7 Å². The topological polar surface area (TPSA) is 142 Å². The summed E-state index contributed by atoms with van der Waals surface area (Å²) in [6.07, 6.45) is 0. The van der Waals surface area contributed by atoms with Gasteiger partial charge in [0.1, 0.15) is 11.6 Å². The molecule has 10 nitrogen and oxygen atoms in total. The van der Waals surface area contributed by atoms with Gasteiger partial charge in [-0.2, -0.15) is 0 Å². The molecular weight excluding hydrogens is 354 g/mol. The summed E-state index contributed by atoms with van der Waals surface area (Å²) >= 11 is 0. The van der Waals surface area contributed by atoms with Gasteiger partial charge in [-0.15, -0.1) is 10.2 Å². The van der Waals surface area contributed by atoms with Crippen molar-refractivity contribution in [3.05, 3.63) is 51.6 Å². The van der Waals surface area contributed by atoms with Crippen LogP contribution in [0.4, 0.5) is 5.82 Å². The van der Waals surface area contributed by atoms with Crippen LogP contribution in [0.25, 0.3) is 17.1 Å². The lowest BCUT2D eigenvalue weighted by atomic mass is 10.1. The van der Waals surface area contributed by atoms with Crippen LogP contribution in [0.2, 0.25) is 0 Å². The molecule has 10 heteroatoms. The zero-order chi connectivity index (χ0) is 19.3. The van der Waals surface area contributed by atoms with Crippen molar-refractivity contribution in [2.45, 2.75) is 6.92 Å². The van der Waals surface area contributed by atoms with Crippen LogP contribution < -0.4 is 21.3 Å². The van der Waals surface area contributed by atoms with Gasteiger partial charge in [-0.3, -0.25) is 24.3 Å². The van der Waals surface area contributed by atoms with Gasteiger partial charge in [-0.25, -0.2) is 0 Å². The Hall–Kier alpha value is -3.95. The summed E-state index contributed by atoms with van der Waals surface area (Å²) in [7, 11) is 1.43. The van der Waals surface area contributed by atoms with E-state index in [9.17, 15) is 14.4 Å². The Labute approximate surface area is 151 Å². The van der Waals surface area contributed by atoms with Gasteiger partial charge in [-0.05, 0) is 18.2 Å². The summed E-state index contributed by atoms with van der Waals surface area (Å²) in [5.41, 5.74) is 6.17. The minimum Gasteiger partial charge on any atom is -0.495 e. The summed E-state index contributed by atoms with van der Waals surface area (Å²) in [6.45, 7) is 1.65. The Kier molecular flexibility index (Phi) is 3.55. The predicted octanol–water partition coefficient (Wildman–Crippen LogP) is 0.670. The van der Waals surface area contributed by atoms with Crippen LogP contribution in [-0.2, 0) is 0 Å². The van der Waals surface area contributed by atoms with Crippen molar-refractivity contribution in [1.29, 1.82) is 0 Å². The second-order valence-electron chi connectivity index (χ2n) is 5.79. The molecule has 0 spiro atoms. The third-order valence-electron chi connectivity index (χ3n) is 4.15. The largest absolute Gasteiger partial charge is 0.495 e. The number of hydrogen-bond acceptors (Lipinski definition) is 8. The number of rotatable bonds is 3. The zero-order valence-corrected chi connectivity index (χ0v) is 14.3. The number of pyridine rings is 1. The predicted molar refractivity (Wildman–Crippen MR) is 92.8 cm³/mol. The number of methoxy groups -OCH3 is 1. The van der Waals surface area contributed by atoms with Gasteiger partial charge in [0, 0.05) is 18.6 Å². The van der Waals surface area contributed by atoms with Crippen molar-refractivity contribution in [1.82, 2.24) is 20.1 Å². The molecule has 0 bridgehead atoms. The van der Waals surface area contributed by atoms with E-state index in [1.807, 2.05) is 0 Å². The van der Waals surface area contributed by atoms with E-state index >= 15 is 0 Å². The minimum atomic E-state index is -0.663. The van der Waals surface area contributed by atoms with Gasteiger partial charge >= 0.3 is 0 Å². The number of carbonyl (C=O) groups is 2. The van der Waals surface area contributed by atoms with Crippen LogP contribution in [0, 0.1) is 6.92 Å². The van der Waals surface area contributed by atoms with Crippen molar-refractivity contribution >= 4 is 17.6 Å². The summed E-state index contributed by atoms with van der Waals surface area (Å²) in [5, 5.41) is 9.85. The number of anilines is 1. The molecule has 0 unspecified atom stereocenters. The molecule has 3 heterocycles. The standard InChI is InChI=1S/C17H13N5O5/c1-7-20-21-17(27-7)8-3-4-11(26-2)10(5-8)22-12(23)6-9-13(14(22)18)16(25)19-15(9)24/h3-6H,18H2,1-2H3,(H,19,24,25). The molecule has 1 aliphatic heterocycles. The van der Waals surface area contributed by atoms with Crippen molar-refractivity contribution in [3.63, 3.8) is 0 Å². The van der Waals surface area contributed by atoms with Crippen LogP contribution in [0.3, 0.4) is 0 Å². The van der Waals surface area contributed by atoms with E-state index in [1.165, 1.54) is 7.11 Å². The fraction of sp³-hybridized carbons (Fsp3) is 0.118. The third-order valence-corrected chi connectivity index (χ3v) is 4.15. The van der Waals surface area contributed by atoms with E-state index in [1.54, 1.807) is 25.1 Å². The Morgan fingerprint density at radius 3 is 2.59 bits per heavy atom. The normalized spacial score (nSPS) is 12.8. The van der Waals surface area contributed by atoms with Crippen LogP contribution in [0.5, 0.6) is 5.75 Å². The molecule has 3 N–H and O–H groups in total. The molecule has 1 aliphatic rings. The molecule has 0 fully saturated rings. The smallest absolute Gasteiger partial charge is 0.262 e. The summed E-state index contributed by atoms with van der Waals surface area (Å²) in [6, 6.07) is 5.92. The highest BCUT2D eigenvalue weighted by atomic mass is 16.5. The molecule has 0 atom stereocenters. The third kappa shape index (κ3) is 2.46. The van der Waals surface area contributed by atoms with Crippen LogP contribution >= 0.6 is 0 Å². The Morgan fingerprint density at radius 2 is 1.93 bits per heavy atom. The first kappa shape index (κ1) is 16.5. The van der Waals surface area contributed by atoms with E-state index in [4.69, 9.17) is 14.9 Å². The van der Waals surface area contributed by atoms with Crippen molar-refractivity contribution in [3.8, 4) is 22.9 Å². The number of aromatic nitrogens is 3. The molecule has 3 aromatic rings. The van der Waals surface area contributed by atoms with Crippen molar-refractivity contribution in [2.24, 2.45) is 0 Å². The van der Waals surface area contributed by atoms with E-state index in [2.05, 4.69) is 15.5 Å². The molecule has 0 radical (unpaired) electrons. The molecule has 2 amide bonds. The number of nitrogens with zero attached hydrogens (tertiary/aromatic N) is 3. The number of ether oxygens (including phenoxy) is 1. The molecule has 1 aromatic carbocycles. The van der Waals surface area contributed by atoms with Crippen LogP contribution in [0.1, 0.15) is 26.6 Å². The number of benzene rings is 1. The van der Waals surface area contributed by atoms with Gasteiger partial charge in [0.2, 0.25) is 11.8 Å². The number of nitrogens with one attached hydrogen (secondary N) is 1. The molecule has 0 saturated carbocycles. The van der Waals surface area contributed by atoms with Gasteiger partial charge in [0.25, 0.3) is 17.4 Å². The summed E-state index contributed by atoms with van der Waals surface area (Å²) in [4.78, 5) is 36.5. The fourth-order valence-electron chi connectivity index (χ4n) is 2.94. The first-order valence-electron chi connectivity index (χ1n) is 7.81. The number of hydrogen-bond donors (Lipinski definition) is 2. The monoisotopic (exact) mass is 367 g/mol. The SMILES string of the molecule is COc1ccc(-c2nnc(C)o2)cc1-n1c(N)c2c(cc1=O)C(=O)NC2=O. The minimum absolute atomic E-state index is 0.0543. The Balaban J connectivity index is 1.99. The zero-order valence-electron chi connectivity index (χ0n) is 14.3. The maximum absolute atomic E-state index is 12.7. The number of aryl methyl sites for hydroxylation is 1. The van der Waals surface area contributed by atoms with E-state index in [0.717, 1.165) is 10.6 Å². The molecule has 0 saturated heterocycles. The van der Waals surface area contributed by atoms with Crippen LogP contribution in [-0.4, -0.2) is 33.7 Å². The number of nitrogen functional groups attached to an aromatic ring is 1. The second kappa shape index (κ2) is 5.80. The average Bonchev–Trinajstić information content (AvgIpc) is 3.18. The highest BCUT2D eigenvalue weighted by Crippen LogP contribution is 2.31. The number of imide groups is 1. The summed E-state index contributed by atoms with van der Waals surface area (Å²) in [5.74, 6) is -0.535. The van der Waals surface area contributed by atoms with Gasteiger partial charge in [0.05, 0.1) is 23.9 Å². The number of carbonyl (C=O) groups excluding carboxylic acids is 2. The number of fused-ring (bicyclic) bond motifs is 1. The van der Waals surface area contributed by atoms with Crippen molar-refractivity contribution in [2.75, 3.05) is 12.8 Å². The molecular formula is C17H13N5O5. The Bertz CT molecular complexity index is 1180. The van der Waals surface area contributed by atoms with Gasteiger partial charge in [-0.1, -0.05) is 0 Å². The molecule has 136 valence electrons. The van der Waals surface area contributed by atoms with Crippen LogP contribution in [0.15, 0.2) is 33.5 Å². The first-order valence-corrected chi connectivity index (χ1v) is 7.81.